The van der Waals surface area contributed by atoms with E-state index in [9.17, 15) is 18.0 Å². The third kappa shape index (κ3) is 5.46. The molecular formula is C7H11F3O3. The molecule has 0 aliphatic carbocycles. The predicted octanol–water partition coefficient (Wildman–Crippen LogP) is 1.52. The molecule has 0 aliphatic heterocycles. The predicted molar refractivity (Wildman–Crippen MR) is 38.1 cm³/mol. The molecule has 0 aromatic carbocycles. The number of carbonyl (C=O) groups excluding carboxylic acids is 1. The van der Waals surface area contributed by atoms with Gasteiger partial charge in [0, 0.05) is 13.5 Å². The Hall–Kier alpha value is -0.780. The number of alkyl halides is 3. The molecule has 1 unspecified atom stereocenters. The molecule has 0 N–H and O–H groups in total. The number of hydrogen-bond donors (Lipinski definition) is 0. The number of halogens is 3. The largest absolute Gasteiger partial charge is 0.490 e. The summed E-state index contributed by atoms with van der Waals surface area (Å²) in [6.45, 7) is 1.38. The maximum atomic E-state index is 11.5. The first-order chi connectivity index (χ1) is 5.88. The lowest BCUT2D eigenvalue weighted by molar-refractivity contribution is -0.200. The summed E-state index contributed by atoms with van der Waals surface area (Å²) < 4.78 is 43.3. The highest BCUT2D eigenvalue weighted by Gasteiger charge is 2.40. The average molecular weight is 200 g/mol. The Morgan fingerprint density at radius 2 is 2.00 bits per heavy atom. The van der Waals surface area contributed by atoms with Crippen molar-refractivity contribution in [2.24, 2.45) is 0 Å². The van der Waals surface area contributed by atoms with Gasteiger partial charge in [0.05, 0.1) is 12.7 Å². The van der Waals surface area contributed by atoms with Crippen molar-refractivity contribution in [3.8, 4) is 0 Å². The number of carbonyl (C=O) groups is 1. The average Bonchev–Trinajstić information content (AvgIpc) is 2.02. The van der Waals surface area contributed by atoms with Gasteiger partial charge in [-0.2, -0.15) is 13.2 Å². The number of rotatable bonds is 4. The standard InChI is InChI=1S/C7H11F3O3/c1-5(12-2)3-4-13-6(11)7(8,9)10/h5H,3-4H2,1-2H3. The van der Waals surface area contributed by atoms with Crippen molar-refractivity contribution in [2.45, 2.75) is 25.6 Å². The van der Waals surface area contributed by atoms with E-state index in [4.69, 9.17) is 4.74 Å². The van der Waals surface area contributed by atoms with Gasteiger partial charge in [0.15, 0.2) is 0 Å². The first-order valence-corrected chi connectivity index (χ1v) is 3.64. The minimum Gasteiger partial charge on any atom is -0.459 e. The Morgan fingerprint density at radius 3 is 2.38 bits per heavy atom. The van der Waals surface area contributed by atoms with Crippen LogP contribution in [0.15, 0.2) is 0 Å². The zero-order valence-electron chi connectivity index (χ0n) is 7.35. The monoisotopic (exact) mass is 200 g/mol. The molecule has 6 heteroatoms. The van der Waals surface area contributed by atoms with E-state index in [1.165, 1.54) is 7.11 Å². The minimum absolute atomic E-state index is 0.221. The van der Waals surface area contributed by atoms with Crippen molar-refractivity contribution in [1.82, 2.24) is 0 Å². The second kappa shape index (κ2) is 5.06. The molecular weight excluding hydrogens is 189 g/mol. The Kier molecular flexibility index (Phi) is 4.76. The fourth-order valence-corrected chi connectivity index (χ4v) is 0.517. The third-order valence-corrected chi connectivity index (χ3v) is 1.39. The van der Waals surface area contributed by atoms with Gasteiger partial charge in [0.25, 0.3) is 0 Å². The maximum Gasteiger partial charge on any atom is 0.490 e. The molecule has 0 amide bonds. The zero-order chi connectivity index (χ0) is 10.5. The molecule has 0 bridgehead atoms. The van der Waals surface area contributed by atoms with Crippen molar-refractivity contribution >= 4 is 5.97 Å². The van der Waals surface area contributed by atoms with E-state index in [0.717, 1.165) is 0 Å². The highest BCUT2D eigenvalue weighted by molar-refractivity contribution is 5.75. The topological polar surface area (TPSA) is 35.5 Å². The van der Waals surface area contributed by atoms with Crippen molar-refractivity contribution in [1.29, 1.82) is 0 Å². The van der Waals surface area contributed by atoms with E-state index in [0.29, 0.717) is 0 Å². The summed E-state index contributed by atoms with van der Waals surface area (Å²) in [5, 5.41) is 0. The van der Waals surface area contributed by atoms with Crippen molar-refractivity contribution in [2.75, 3.05) is 13.7 Å². The van der Waals surface area contributed by atoms with Crippen LogP contribution >= 0.6 is 0 Å². The van der Waals surface area contributed by atoms with E-state index < -0.39 is 12.1 Å². The highest BCUT2D eigenvalue weighted by Crippen LogP contribution is 2.16. The lowest BCUT2D eigenvalue weighted by atomic mass is 10.3. The van der Waals surface area contributed by atoms with Crippen LogP contribution in [-0.4, -0.2) is 32.0 Å². The molecule has 0 saturated carbocycles. The lowest BCUT2D eigenvalue weighted by Gasteiger charge is -2.10. The van der Waals surface area contributed by atoms with E-state index >= 15 is 0 Å². The normalized spacial score (nSPS) is 13.9. The zero-order valence-corrected chi connectivity index (χ0v) is 7.35. The second-order valence-electron chi connectivity index (χ2n) is 2.47. The number of esters is 1. The quantitative estimate of drug-likeness (QED) is 0.645. The SMILES string of the molecule is COC(C)CCOC(=O)C(F)(F)F. The van der Waals surface area contributed by atoms with Crippen LogP contribution in [0.25, 0.3) is 0 Å². The fourth-order valence-electron chi connectivity index (χ4n) is 0.517. The smallest absolute Gasteiger partial charge is 0.459 e. The first kappa shape index (κ1) is 12.2. The highest BCUT2D eigenvalue weighted by atomic mass is 19.4. The molecule has 0 spiro atoms. The summed E-state index contributed by atoms with van der Waals surface area (Å²) in [7, 11) is 1.43. The van der Waals surface area contributed by atoms with Crippen molar-refractivity contribution in [3.05, 3.63) is 0 Å². The summed E-state index contributed by atoms with van der Waals surface area (Å²) in [5.74, 6) is -2.16. The maximum absolute atomic E-state index is 11.5. The fraction of sp³-hybridized carbons (Fsp3) is 0.857. The molecule has 0 saturated heterocycles. The molecule has 0 fully saturated rings. The number of ether oxygens (including phenoxy) is 2. The molecule has 0 aromatic rings. The second-order valence-corrected chi connectivity index (χ2v) is 2.47. The molecule has 0 radical (unpaired) electrons. The van der Waals surface area contributed by atoms with Crippen molar-refractivity contribution < 1.29 is 27.4 Å². The summed E-state index contributed by atoms with van der Waals surface area (Å²) in [6.07, 6.45) is -4.88. The van der Waals surface area contributed by atoms with Crippen molar-refractivity contribution in [3.63, 3.8) is 0 Å². The molecule has 0 rings (SSSR count). The molecule has 0 heterocycles. The van der Waals surface area contributed by atoms with Crippen LogP contribution in [0.2, 0.25) is 0 Å². The summed E-state index contributed by atoms with van der Waals surface area (Å²) in [6, 6.07) is 0. The van der Waals surface area contributed by atoms with Gasteiger partial charge in [0.2, 0.25) is 0 Å². The van der Waals surface area contributed by atoms with Gasteiger partial charge in [-0.05, 0) is 6.92 Å². The number of hydrogen-bond acceptors (Lipinski definition) is 3. The van der Waals surface area contributed by atoms with Crippen LogP contribution in [0, 0.1) is 0 Å². The Bertz CT molecular complexity index is 167. The van der Waals surface area contributed by atoms with E-state index in [-0.39, 0.29) is 19.1 Å². The number of methoxy groups -OCH3 is 1. The van der Waals surface area contributed by atoms with Crippen LogP contribution in [0.3, 0.4) is 0 Å². The van der Waals surface area contributed by atoms with Crippen LogP contribution in [0.1, 0.15) is 13.3 Å². The summed E-state index contributed by atoms with van der Waals surface area (Å²) in [4.78, 5) is 10.1. The van der Waals surface area contributed by atoms with Crippen LogP contribution < -0.4 is 0 Å². The molecule has 0 aromatic heterocycles. The summed E-state index contributed by atoms with van der Waals surface area (Å²) >= 11 is 0. The minimum atomic E-state index is -4.91. The van der Waals surface area contributed by atoms with Crippen LogP contribution in [-0.2, 0) is 14.3 Å². The molecule has 78 valence electrons. The van der Waals surface area contributed by atoms with Gasteiger partial charge in [-0.25, -0.2) is 4.79 Å². The van der Waals surface area contributed by atoms with Crippen LogP contribution in [0.5, 0.6) is 0 Å². The molecule has 1 atom stereocenters. The molecule has 3 nitrogen and oxygen atoms in total. The Morgan fingerprint density at radius 1 is 1.46 bits per heavy atom. The third-order valence-electron chi connectivity index (χ3n) is 1.39. The van der Waals surface area contributed by atoms with E-state index in [1.54, 1.807) is 6.92 Å². The van der Waals surface area contributed by atoms with Gasteiger partial charge in [-0.3, -0.25) is 0 Å². The molecule has 0 aliphatic rings. The van der Waals surface area contributed by atoms with Gasteiger partial charge in [-0.1, -0.05) is 0 Å². The van der Waals surface area contributed by atoms with Gasteiger partial charge in [0.1, 0.15) is 0 Å². The van der Waals surface area contributed by atoms with Gasteiger partial charge >= 0.3 is 12.1 Å². The van der Waals surface area contributed by atoms with E-state index in [2.05, 4.69) is 4.74 Å². The Balaban J connectivity index is 3.60. The van der Waals surface area contributed by atoms with Crippen LogP contribution in [0.4, 0.5) is 13.2 Å². The summed E-state index contributed by atoms with van der Waals surface area (Å²) in [5.41, 5.74) is 0. The Labute approximate surface area is 73.8 Å². The van der Waals surface area contributed by atoms with Gasteiger partial charge < -0.3 is 9.47 Å². The molecule has 13 heavy (non-hydrogen) atoms. The first-order valence-electron chi connectivity index (χ1n) is 3.64. The lowest BCUT2D eigenvalue weighted by Crippen LogP contribution is -2.26. The van der Waals surface area contributed by atoms with Gasteiger partial charge in [-0.15, -0.1) is 0 Å². The van der Waals surface area contributed by atoms with E-state index in [1.807, 2.05) is 0 Å².